The summed E-state index contributed by atoms with van der Waals surface area (Å²) in [6.45, 7) is 6.47. The van der Waals surface area contributed by atoms with E-state index in [1.165, 1.54) is 11.3 Å². The molecule has 0 fully saturated rings. The van der Waals surface area contributed by atoms with Gasteiger partial charge in [0.25, 0.3) is 5.56 Å². The molecule has 7 nitrogen and oxygen atoms in total. The van der Waals surface area contributed by atoms with E-state index in [0.29, 0.717) is 50.3 Å². The van der Waals surface area contributed by atoms with E-state index < -0.39 is 12.0 Å². The fourth-order valence-corrected chi connectivity index (χ4v) is 5.81. The van der Waals surface area contributed by atoms with Crippen LogP contribution in [0.2, 0.25) is 5.02 Å². The molecule has 0 radical (unpaired) electrons. The second kappa shape index (κ2) is 12.6. The maximum atomic E-state index is 13.8. The van der Waals surface area contributed by atoms with Gasteiger partial charge in [0.1, 0.15) is 6.61 Å². The highest BCUT2D eigenvalue weighted by molar-refractivity contribution is 7.07. The summed E-state index contributed by atoms with van der Waals surface area (Å²) in [4.78, 5) is 32.0. The average Bonchev–Trinajstić information content (AvgIpc) is 3.27. The SMILES string of the molecule is CCOC(=O)C1=C(C)N=c2s/c(=C\c3ccc(OCc4ccc(Cl)cc4)c(OCC)c3)c(=O)n2C1c1ccccc1. The van der Waals surface area contributed by atoms with E-state index in [2.05, 4.69) is 4.99 Å². The summed E-state index contributed by atoms with van der Waals surface area (Å²) in [6, 6.07) is 21.8. The molecule has 0 bridgehead atoms. The predicted molar refractivity (Wildman–Crippen MR) is 160 cm³/mol. The molecule has 0 saturated heterocycles. The standard InChI is InChI=1S/C32H29ClN2O5S/c1-4-38-26-17-22(13-16-25(26)40-19-21-11-14-24(33)15-12-21)18-27-30(36)35-29(23-9-7-6-8-10-23)28(31(37)39-5-2)20(3)34-32(35)41-27/h6-18,29H,4-5,19H2,1-3H3/b27-18-. The first-order chi connectivity index (χ1) is 19.9. The zero-order chi connectivity index (χ0) is 28.9. The summed E-state index contributed by atoms with van der Waals surface area (Å²) in [7, 11) is 0. The molecule has 210 valence electrons. The molecular formula is C32H29ClN2O5S. The second-order valence-electron chi connectivity index (χ2n) is 9.27. The molecule has 9 heteroatoms. The Labute approximate surface area is 246 Å². The molecule has 1 atom stereocenters. The molecule has 5 rings (SSSR count). The Bertz CT molecular complexity index is 1780. The van der Waals surface area contributed by atoms with Crippen LogP contribution < -0.4 is 24.4 Å². The van der Waals surface area contributed by atoms with Gasteiger partial charge < -0.3 is 14.2 Å². The van der Waals surface area contributed by atoms with Crippen LogP contribution in [0.25, 0.3) is 6.08 Å². The quantitative estimate of drug-likeness (QED) is 0.244. The van der Waals surface area contributed by atoms with Gasteiger partial charge in [-0.2, -0.15) is 0 Å². The molecule has 0 saturated carbocycles. The van der Waals surface area contributed by atoms with Crippen LogP contribution in [0.5, 0.6) is 11.5 Å². The number of carbonyl (C=O) groups excluding carboxylic acids is 1. The Morgan fingerprint density at radius 1 is 1.00 bits per heavy atom. The lowest BCUT2D eigenvalue weighted by molar-refractivity contribution is -0.139. The highest BCUT2D eigenvalue weighted by Gasteiger charge is 2.33. The number of hydrogen-bond acceptors (Lipinski definition) is 7. The molecule has 0 amide bonds. The van der Waals surface area contributed by atoms with E-state index in [1.807, 2.05) is 79.7 Å². The number of thiazole rings is 1. The molecule has 1 aliphatic rings. The van der Waals surface area contributed by atoms with Crippen molar-refractivity contribution in [2.75, 3.05) is 13.2 Å². The molecule has 1 unspecified atom stereocenters. The maximum Gasteiger partial charge on any atom is 0.338 e. The van der Waals surface area contributed by atoms with Crippen molar-refractivity contribution in [3.8, 4) is 11.5 Å². The number of esters is 1. The van der Waals surface area contributed by atoms with Gasteiger partial charge in [-0.1, -0.05) is 71.5 Å². The van der Waals surface area contributed by atoms with Crippen molar-refractivity contribution in [1.29, 1.82) is 0 Å². The van der Waals surface area contributed by atoms with Gasteiger partial charge in [-0.3, -0.25) is 9.36 Å². The molecule has 0 N–H and O–H groups in total. The Kier molecular flexibility index (Phi) is 8.71. The molecular weight excluding hydrogens is 560 g/mol. The molecule has 0 aliphatic carbocycles. The summed E-state index contributed by atoms with van der Waals surface area (Å²) in [5.41, 5.74) is 3.21. The van der Waals surface area contributed by atoms with Gasteiger partial charge in [-0.15, -0.1) is 0 Å². The van der Waals surface area contributed by atoms with E-state index in [-0.39, 0.29) is 12.2 Å². The van der Waals surface area contributed by atoms with Crippen molar-refractivity contribution in [2.24, 2.45) is 4.99 Å². The Morgan fingerprint density at radius 2 is 1.76 bits per heavy atom. The number of rotatable bonds is 9. The summed E-state index contributed by atoms with van der Waals surface area (Å²) in [5, 5.41) is 0.667. The van der Waals surface area contributed by atoms with Crippen LogP contribution in [0.1, 0.15) is 43.5 Å². The summed E-state index contributed by atoms with van der Waals surface area (Å²) in [6.07, 6.45) is 1.81. The molecule has 2 heterocycles. The monoisotopic (exact) mass is 588 g/mol. The second-order valence-corrected chi connectivity index (χ2v) is 10.7. The Hall–Kier alpha value is -4.14. The van der Waals surface area contributed by atoms with Gasteiger partial charge in [0.15, 0.2) is 16.3 Å². The number of hydrogen-bond donors (Lipinski definition) is 0. The number of benzene rings is 3. The number of halogens is 1. The van der Waals surface area contributed by atoms with Gasteiger partial charge in [-0.25, -0.2) is 9.79 Å². The van der Waals surface area contributed by atoms with E-state index in [1.54, 1.807) is 24.5 Å². The number of ether oxygens (including phenoxy) is 3. The van der Waals surface area contributed by atoms with Gasteiger partial charge in [0.05, 0.1) is 35.1 Å². The number of carbonyl (C=O) groups is 1. The lowest BCUT2D eigenvalue weighted by atomic mass is 9.96. The van der Waals surface area contributed by atoms with Crippen molar-refractivity contribution in [3.05, 3.63) is 125 Å². The van der Waals surface area contributed by atoms with Crippen molar-refractivity contribution in [3.63, 3.8) is 0 Å². The molecule has 1 aromatic heterocycles. The van der Waals surface area contributed by atoms with E-state index in [9.17, 15) is 9.59 Å². The van der Waals surface area contributed by atoms with E-state index >= 15 is 0 Å². The third-order valence-electron chi connectivity index (χ3n) is 6.51. The maximum absolute atomic E-state index is 13.8. The number of nitrogens with zero attached hydrogens (tertiary/aromatic N) is 2. The highest BCUT2D eigenvalue weighted by atomic mass is 35.5. The average molecular weight is 589 g/mol. The van der Waals surface area contributed by atoms with Crippen LogP contribution in [0.4, 0.5) is 0 Å². The lowest BCUT2D eigenvalue weighted by Gasteiger charge is -2.24. The minimum Gasteiger partial charge on any atom is -0.490 e. The molecule has 41 heavy (non-hydrogen) atoms. The minimum absolute atomic E-state index is 0.225. The van der Waals surface area contributed by atoms with Gasteiger partial charge >= 0.3 is 5.97 Å². The van der Waals surface area contributed by atoms with Crippen molar-refractivity contribution >= 4 is 35.0 Å². The van der Waals surface area contributed by atoms with Crippen LogP contribution in [-0.4, -0.2) is 23.8 Å². The zero-order valence-electron chi connectivity index (χ0n) is 22.9. The first-order valence-corrected chi connectivity index (χ1v) is 14.5. The van der Waals surface area contributed by atoms with Gasteiger partial charge in [0, 0.05) is 5.02 Å². The van der Waals surface area contributed by atoms with E-state index in [4.69, 9.17) is 25.8 Å². The van der Waals surface area contributed by atoms with Gasteiger partial charge in [-0.05, 0) is 67.8 Å². The van der Waals surface area contributed by atoms with Crippen molar-refractivity contribution in [1.82, 2.24) is 4.57 Å². The van der Waals surface area contributed by atoms with Crippen LogP contribution >= 0.6 is 22.9 Å². The summed E-state index contributed by atoms with van der Waals surface area (Å²) < 4.78 is 19.3. The third-order valence-corrected chi connectivity index (χ3v) is 7.74. The largest absolute Gasteiger partial charge is 0.490 e. The zero-order valence-corrected chi connectivity index (χ0v) is 24.5. The Morgan fingerprint density at radius 3 is 2.46 bits per heavy atom. The van der Waals surface area contributed by atoms with Crippen LogP contribution in [0.3, 0.4) is 0 Å². The van der Waals surface area contributed by atoms with Crippen molar-refractivity contribution < 1.29 is 19.0 Å². The van der Waals surface area contributed by atoms with Crippen LogP contribution in [0, 0.1) is 0 Å². The third kappa shape index (κ3) is 6.14. The van der Waals surface area contributed by atoms with Crippen molar-refractivity contribution in [2.45, 2.75) is 33.4 Å². The molecule has 4 aromatic rings. The molecule has 1 aliphatic heterocycles. The summed E-state index contributed by atoms with van der Waals surface area (Å²) >= 11 is 7.26. The Balaban J connectivity index is 1.53. The highest BCUT2D eigenvalue weighted by Crippen LogP contribution is 2.31. The fourth-order valence-electron chi connectivity index (χ4n) is 4.64. The number of allylic oxidation sites excluding steroid dienone is 1. The smallest absolute Gasteiger partial charge is 0.338 e. The number of fused-ring (bicyclic) bond motifs is 1. The summed E-state index contributed by atoms with van der Waals surface area (Å²) in [5.74, 6) is 0.692. The van der Waals surface area contributed by atoms with E-state index in [0.717, 1.165) is 16.7 Å². The normalized spacial score (nSPS) is 14.8. The fraction of sp³-hybridized carbons (Fsp3) is 0.219. The topological polar surface area (TPSA) is 79.1 Å². The minimum atomic E-state index is -0.642. The predicted octanol–water partition coefficient (Wildman–Crippen LogP) is 5.43. The molecule has 0 spiro atoms. The first-order valence-electron chi connectivity index (χ1n) is 13.3. The lowest BCUT2D eigenvalue weighted by Crippen LogP contribution is -2.39. The van der Waals surface area contributed by atoms with Crippen LogP contribution in [-0.2, 0) is 16.1 Å². The van der Waals surface area contributed by atoms with Gasteiger partial charge in [0.2, 0.25) is 0 Å². The van der Waals surface area contributed by atoms with Crippen LogP contribution in [0.15, 0.2) is 93.9 Å². The molecule has 3 aromatic carbocycles. The number of aromatic nitrogens is 1. The first kappa shape index (κ1) is 28.4.